The number of hydrogen-bond acceptors (Lipinski definition) is 2. The van der Waals surface area contributed by atoms with E-state index in [0.717, 1.165) is 0 Å². The first-order chi connectivity index (χ1) is 10.6. The van der Waals surface area contributed by atoms with Crippen molar-refractivity contribution in [1.82, 2.24) is 0 Å². The molecule has 0 unspecified atom stereocenters. The molecule has 0 saturated heterocycles. The Morgan fingerprint density at radius 2 is 0.960 bits per heavy atom. The van der Waals surface area contributed by atoms with Crippen LogP contribution in [0.1, 0.15) is 12.8 Å². The molecule has 16 heteroatoms. The Morgan fingerprint density at radius 3 is 1.24 bits per heavy atom. The molecule has 0 aliphatic heterocycles. The van der Waals surface area contributed by atoms with E-state index in [4.69, 9.17) is 0 Å². The van der Waals surface area contributed by atoms with E-state index in [1.807, 2.05) is 0 Å². The van der Waals surface area contributed by atoms with E-state index in [1.165, 1.54) is 0 Å². The van der Waals surface area contributed by atoms with Crippen LogP contribution in [0.15, 0.2) is 0 Å². The second-order valence-electron chi connectivity index (χ2n) is 5.06. The van der Waals surface area contributed by atoms with Gasteiger partial charge in [0.05, 0.1) is 5.25 Å². The molecular formula is C9H5ClF12O2S. The molecule has 1 aliphatic carbocycles. The second kappa shape index (κ2) is 5.45. The molecule has 1 fully saturated rings. The van der Waals surface area contributed by atoms with Gasteiger partial charge >= 0.3 is 34.3 Å². The molecule has 1 aliphatic rings. The van der Waals surface area contributed by atoms with Crippen LogP contribution in [0.5, 0.6) is 0 Å². The summed E-state index contributed by atoms with van der Waals surface area (Å²) in [6.45, 7) is 0. The Kier molecular flexibility index (Phi) is 4.90. The van der Waals surface area contributed by atoms with Gasteiger partial charge in [-0.1, -0.05) is 0 Å². The molecule has 0 bridgehead atoms. The number of alkyl halides is 13. The van der Waals surface area contributed by atoms with Crippen LogP contribution in [0.3, 0.4) is 0 Å². The predicted octanol–water partition coefficient (Wildman–Crippen LogP) is 4.53. The molecule has 1 rings (SSSR count). The average Bonchev–Trinajstić information content (AvgIpc) is 3.20. The van der Waals surface area contributed by atoms with Crippen molar-refractivity contribution in [2.75, 3.05) is 0 Å². The van der Waals surface area contributed by atoms with Crippen LogP contribution in [0, 0.1) is 0 Å². The summed E-state index contributed by atoms with van der Waals surface area (Å²) in [6.07, 6.45) is -1.41. The molecule has 150 valence electrons. The Labute approximate surface area is 136 Å². The molecule has 1 saturated carbocycles. The molecule has 0 spiro atoms. The third kappa shape index (κ3) is 2.75. The van der Waals surface area contributed by atoms with E-state index >= 15 is 0 Å². The summed E-state index contributed by atoms with van der Waals surface area (Å²) in [4.78, 5) is 0. The van der Waals surface area contributed by atoms with E-state index in [2.05, 4.69) is 11.6 Å². The molecule has 0 heterocycles. The lowest BCUT2D eigenvalue weighted by Gasteiger charge is -2.39. The fourth-order valence-corrected chi connectivity index (χ4v) is 3.30. The van der Waals surface area contributed by atoms with Crippen LogP contribution in [-0.2, 0) is 9.84 Å². The van der Waals surface area contributed by atoms with Crippen molar-refractivity contribution in [1.29, 1.82) is 0 Å². The van der Waals surface area contributed by atoms with Crippen molar-refractivity contribution in [2.24, 2.45) is 0 Å². The molecule has 2 nitrogen and oxygen atoms in total. The van der Waals surface area contributed by atoms with Gasteiger partial charge in [0.2, 0.25) is 9.84 Å². The van der Waals surface area contributed by atoms with E-state index in [9.17, 15) is 61.1 Å². The van der Waals surface area contributed by atoms with E-state index in [-0.39, 0.29) is 0 Å². The summed E-state index contributed by atoms with van der Waals surface area (Å²) in [5.74, 6) is -30.9. The molecule has 0 radical (unpaired) electrons. The number of halogens is 13. The predicted molar refractivity (Wildman–Crippen MR) is 57.5 cm³/mol. The normalized spacial score (nSPS) is 19.2. The molecule has 0 aromatic carbocycles. The van der Waals surface area contributed by atoms with Crippen LogP contribution in [-0.4, -0.2) is 48.0 Å². The molecule has 0 aromatic rings. The summed E-state index contributed by atoms with van der Waals surface area (Å²) in [5.41, 5.74) is 0. The first-order valence-corrected chi connectivity index (χ1v) is 7.72. The SMILES string of the molecule is O=S(=O)(C1CC1)C(F)(F)C(F)(F)C(F)(F)C(F)(F)C(F)(F)C(F)(F)Cl. The first kappa shape index (κ1) is 22.4. The monoisotopic (exact) mass is 440 g/mol. The maximum atomic E-state index is 13.4. The molecule has 0 aromatic heterocycles. The van der Waals surface area contributed by atoms with Gasteiger partial charge in [-0.25, -0.2) is 8.42 Å². The second-order valence-corrected chi connectivity index (χ2v) is 7.80. The zero-order valence-corrected chi connectivity index (χ0v) is 12.7. The quantitative estimate of drug-likeness (QED) is 0.431. The molecule has 25 heavy (non-hydrogen) atoms. The van der Waals surface area contributed by atoms with Gasteiger partial charge in [-0.15, -0.1) is 0 Å². The van der Waals surface area contributed by atoms with E-state index < -0.39 is 62.3 Å². The van der Waals surface area contributed by atoms with Crippen LogP contribution in [0.4, 0.5) is 52.7 Å². The first-order valence-electron chi connectivity index (χ1n) is 5.80. The Morgan fingerprint density at radius 1 is 0.640 bits per heavy atom. The molecule has 0 atom stereocenters. The van der Waals surface area contributed by atoms with Gasteiger partial charge in [0.15, 0.2) is 0 Å². The maximum Gasteiger partial charge on any atom is 0.413 e. The Balaban J connectivity index is 3.54. The highest BCUT2D eigenvalue weighted by molar-refractivity contribution is 7.93. The van der Waals surface area contributed by atoms with Crippen molar-refractivity contribution in [3.05, 3.63) is 0 Å². The molecular weight excluding hydrogens is 436 g/mol. The lowest BCUT2D eigenvalue weighted by molar-refractivity contribution is -0.407. The lowest BCUT2D eigenvalue weighted by Crippen LogP contribution is -2.71. The Hall–Kier alpha value is -0.600. The zero-order chi connectivity index (χ0) is 20.5. The number of rotatable bonds is 7. The van der Waals surface area contributed by atoms with Gasteiger partial charge in [-0.2, -0.15) is 52.7 Å². The molecule has 0 N–H and O–H groups in total. The maximum absolute atomic E-state index is 13.4. The summed E-state index contributed by atoms with van der Waals surface area (Å²) >= 11 is 3.48. The van der Waals surface area contributed by atoms with E-state index in [1.54, 1.807) is 0 Å². The van der Waals surface area contributed by atoms with Crippen LogP contribution >= 0.6 is 11.6 Å². The standard InChI is InChI=1S/C9H5ClF12O2S/c10-8(19,20)6(15,16)4(11,12)5(13,14)7(17,18)9(21,22)25(23,24)3-1-2-3/h3H,1-2H2. The van der Waals surface area contributed by atoms with Gasteiger partial charge in [-0.05, 0) is 24.4 Å². The highest BCUT2D eigenvalue weighted by atomic mass is 35.5. The van der Waals surface area contributed by atoms with Gasteiger partial charge in [-0.3, -0.25) is 0 Å². The Bertz CT molecular complexity index is 633. The summed E-state index contributed by atoms with van der Waals surface area (Å²) in [5, 5.41) is -15.8. The van der Waals surface area contributed by atoms with Crippen LogP contribution in [0.2, 0.25) is 0 Å². The fraction of sp³-hybridized carbons (Fsp3) is 1.00. The van der Waals surface area contributed by atoms with Crippen LogP contribution < -0.4 is 0 Å². The third-order valence-electron chi connectivity index (χ3n) is 3.23. The number of sulfone groups is 1. The summed E-state index contributed by atoms with van der Waals surface area (Å²) < 4.78 is 178. The topological polar surface area (TPSA) is 34.1 Å². The highest BCUT2D eigenvalue weighted by Gasteiger charge is 2.92. The van der Waals surface area contributed by atoms with Gasteiger partial charge in [0.25, 0.3) is 0 Å². The smallest absolute Gasteiger partial charge is 0.222 e. The minimum atomic E-state index is -7.92. The summed E-state index contributed by atoms with van der Waals surface area (Å²) in [7, 11) is -6.51. The van der Waals surface area contributed by atoms with Crippen molar-refractivity contribution in [2.45, 2.75) is 52.4 Å². The minimum absolute atomic E-state index is 0.703. The number of hydrogen-bond donors (Lipinski definition) is 0. The van der Waals surface area contributed by atoms with Gasteiger partial charge in [0, 0.05) is 0 Å². The van der Waals surface area contributed by atoms with Crippen molar-refractivity contribution in [3.63, 3.8) is 0 Å². The minimum Gasteiger partial charge on any atom is -0.222 e. The third-order valence-corrected chi connectivity index (χ3v) is 5.78. The van der Waals surface area contributed by atoms with Crippen molar-refractivity contribution in [3.8, 4) is 0 Å². The molecule has 0 amide bonds. The summed E-state index contributed by atoms with van der Waals surface area (Å²) in [6, 6.07) is 0. The zero-order valence-electron chi connectivity index (χ0n) is 11.1. The van der Waals surface area contributed by atoms with Crippen molar-refractivity contribution < 1.29 is 61.1 Å². The van der Waals surface area contributed by atoms with Gasteiger partial charge in [0.1, 0.15) is 0 Å². The average molecular weight is 441 g/mol. The largest absolute Gasteiger partial charge is 0.413 e. The van der Waals surface area contributed by atoms with Crippen molar-refractivity contribution >= 4 is 21.4 Å². The van der Waals surface area contributed by atoms with Gasteiger partial charge < -0.3 is 0 Å². The van der Waals surface area contributed by atoms with Crippen LogP contribution in [0.25, 0.3) is 0 Å². The lowest BCUT2D eigenvalue weighted by atomic mass is 9.98. The highest BCUT2D eigenvalue weighted by Crippen LogP contribution is 2.62. The van der Waals surface area contributed by atoms with E-state index in [0.29, 0.717) is 0 Å². The fourth-order valence-electron chi connectivity index (χ4n) is 1.52.